The number of nitrogens with zero attached hydrogens (tertiary/aromatic N) is 1. The summed E-state index contributed by atoms with van der Waals surface area (Å²) in [6.45, 7) is 3.22. The SMILES string of the molecule is CC1NC(=O)N(CC2CCCCN2)C1=O. The van der Waals surface area contributed by atoms with Gasteiger partial charge in [0.25, 0.3) is 5.91 Å². The predicted octanol–water partition coefficient (Wildman–Crippen LogP) is 0.0688. The molecule has 0 aromatic heterocycles. The first-order valence-electron chi connectivity index (χ1n) is 5.54. The first kappa shape index (κ1) is 10.4. The molecule has 3 amide bonds. The summed E-state index contributed by atoms with van der Waals surface area (Å²) in [5, 5.41) is 5.94. The van der Waals surface area contributed by atoms with Crippen molar-refractivity contribution in [1.82, 2.24) is 15.5 Å². The fourth-order valence-corrected chi connectivity index (χ4v) is 2.13. The highest BCUT2D eigenvalue weighted by Gasteiger charge is 2.36. The Hall–Kier alpha value is -1.10. The van der Waals surface area contributed by atoms with Crippen LogP contribution in [0.5, 0.6) is 0 Å². The molecule has 5 nitrogen and oxygen atoms in total. The molecule has 0 saturated carbocycles. The molecule has 0 bridgehead atoms. The topological polar surface area (TPSA) is 61.4 Å². The number of carbonyl (C=O) groups is 2. The van der Waals surface area contributed by atoms with Gasteiger partial charge in [0.1, 0.15) is 6.04 Å². The molecule has 2 atom stereocenters. The van der Waals surface area contributed by atoms with Crippen LogP contribution >= 0.6 is 0 Å². The van der Waals surface area contributed by atoms with Crippen molar-refractivity contribution in [3.63, 3.8) is 0 Å². The third-order valence-electron chi connectivity index (χ3n) is 3.04. The lowest BCUT2D eigenvalue weighted by Gasteiger charge is -2.26. The molecule has 2 heterocycles. The van der Waals surface area contributed by atoms with Gasteiger partial charge in [-0.25, -0.2) is 4.79 Å². The highest BCUT2D eigenvalue weighted by atomic mass is 16.2. The summed E-state index contributed by atoms with van der Waals surface area (Å²) in [4.78, 5) is 24.4. The molecule has 2 unspecified atom stereocenters. The highest BCUT2D eigenvalue weighted by Crippen LogP contribution is 2.12. The van der Waals surface area contributed by atoms with E-state index in [1.807, 2.05) is 0 Å². The number of rotatable bonds is 2. The van der Waals surface area contributed by atoms with E-state index in [0.29, 0.717) is 6.54 Å². The highest BCUT2D eigenvalue weighted by molar-refractivity contribution is 6.03. The quantitative estimate of drug-likeness (QED) is 0.635. The van der Waals surface area contributed by atoms with Gasteiger partial charge in [0.2, 0.25) is 0 Å². The second kappa shape index (κ2) is 4.18. The Balaban J connectivity index is 1.93. The zero-order valence-corrected chi connectivity index (χ0v) is 8.95. The number of carbonyl (C=O) groups excluding carboxylic acids is 2. The Labute approximate surface area is 89.2 Å². The summed E-state index contributed by atoms with van der Waals surface area (Å²) in [7, 11) is 0. The Morgan fingerprint density at radius 2 is 2.20 bits per heavy atom. The van der Waals surface area contributed by atoms with Crippen LogP contribution in [0.3, 0.4) is 0 Å². The Bertz CT molecular complexity index is 274. The number of piperidine rings is 1. The molecule has 2 fully saturated rings. The molecule has 84 valence electrons. The van der Waals surface area contributed by atoms with Gasteiger partial charge in [0.05, 0.1) is 0 Å². The summed E-state index contributed by atoms with van der Waals surface area (Å²) in [5.41, 5.74) is 0. The summed E-state index contributed by atoms with van der Waals surface area (Å²) in [5.74, 6) is -0.104. The summed E-state index contributed by atoms with van der Waals surface area (Å²) in [6.07, 6.45) is 3.41. The molecule has 2 rings (SSSR count). The van der Waals surface area contributed by atoms with Crippen molar-refractivity contribution in [2.24, 2.45) is 0 Å². The van der Waals surface area contributed by atoms with E-state index < -0.39 is 0 Å². The molecular formula is C10H17N3O2. The van der Waals surface area contributed by atoms with Crippen molar-refractivity contribution in [3.8, 4) is 0 Å². The van der Waals surface area contributed by atoms with Crippen LogP contribution in [-0.4, -0.2) is 42.0 Å². The molecule has 0 spiro atoms. The van der Waals surface area contributed by atoms with Crippen LogP contribution in [0.2, 0.25) is 0 Å². The third kappa shape index (κ3) is 2.12. The number of urea groups is 1. The van der Waals surface area contributed by atoms with Crippen LogP contribution in [0.15, 0.2) is 0 Å². The summed E-state index contributed by atoms with van der Waals surface area (Å²) < 4.78 is 0. The van der Waals surface area contributed by atoms with Crippen LogP contribution in [-0.2, 0) is 4.79 Å². The van der Waals surface area contributed by atoms with Gasteiger partial charge in [-0.1, -0.05) is 6.42 Å². The van der Waals surface area contributed by atoms with E-state index in [-0.39, 0.29) is 24.0 Å². The number of nitrogens with one attached hydrogen (secondary N) is 2. The van der Waals surface area contributed by atoms with E-state index >= 15 is 0 Å². The van der Waals surface area contributed by atoms with Gasteiger partial charge in [-0.05, 0) is 26.3 Å². The molecule has 15 heavy (non-hydrogen) atoms. The van der Waals surface area contributed by atoms with Crippen molar-refractivity contribution in [1.29, 1.82) is 0 Å². The maximum atomic E-state index is 11.6. The van der Waals surface area contributed by atoms with Crippen molar-refractivity contribution in [2.45, 2.75) is 38.3 Å². The molecule has 0 radical (unpaired) electrons. The monoisotopic (exact) mass is 211 g/mol. The van der Waals surface area contributed by atoms with Gasteiger partial charge in [-0.15, -0.1) is 0 Å². The maximum Gasteiger partial charge on any atom is 0.324 e. The molecule has 0 aromatic carbocycles. The van der Waals surface area contributed by atoms with Crippen LogP contribution in [0.4, 0.5) is 4.79 Å². The first-order valence-corrected chi connectivity index (χ1v) is 5.54. The third-order valence-corrected chi connectivity index (χ3v) is 3.04. The minimum absolute atomic E-state index is 0.104. The van der Waals surface area contributed by atoms with E-state index in [4.69, 9.17) is 0 Å². The first-order chi connectivity index (χ1) is 7.18. The largest absolute Gasteiger partial charge is 0.326 e. The fourth-order valence-electron chi connectivity index (χ4n) is 2.13. The zero-order chi connectivity index (χ0) is 10.8. The second-order valence-electron chi connectivity index (χ2n) is 4.27. The lowest BCUT2D eigenvalue weighted by molar-refractivity contribution is -0.127. The molecule has 2 aliphatic rings. The molecule has 2 saturated heterocycles. The average molecular weight is 211 g/mol. The second-order valence-corrected chi connectivity index (χ2v) is 4.27. The van der Waals surface area contributed by atoms with E-state index in [0.717, 1.165) is 13.0 Å². The van der Waals surface area contributed by atoms with Gasteiger partial charge in [-0.3, -0.25) is 9.69 Å². The molecular weight excluding hydrogens is 194 g/mol. The lowest BCUT2D eigenvalue weighted by atomic mass is 10.0. The Morgan fingerprint density at radius 3 is 2.73 bits per heavy atom. The Kier molecular flexibility index (Phi) is 2.90. The van der Waals surface area contributed by atoms with Crippen LogP contribution < -0.4 is 10.6 Å². The summed E-state index contributed by atoms with van der Waals surface area (Å²) in [6, 6.07) is -0.334. The van der Waals surface area contributed by atoms with E-state index in [1.54, 1.807) is 6.92 Å². The minimum Gasteiger partial charge on any atom is -0.326 e. The Morgan fingerprint density at radius 1 is 1.40 bits per heavy atom. The van der Waals surface area contributed by atoms with Gasteiger partial charge in [0.15, 0.2) is 0 Å². The van der Waals surface area contributed by atoms with Gasteiger partial charge < -0.3 is 10.6 Å². The normalized spacial score (nSPS) is 31.9. The lowest BCUT2D eigenvalue weighted by Crippen LogP contribution is -2.46. The zero-order valence-electron chi connectivity index (χ0n) is 8.95. The number of imide groups is 1. The van der Waals surface area contributed by atoms with Crippen molar-refractivity contribution in [3.05, 3.63) is 0 Å². The number of hydrogen-bond donors (Lipinski definition) is 2. The molecule has 2 N–H and O–H groups in total. The fraction of sp³-hybridized carbons (Fsp3) is 0.800. The maximum absolute atomic E-state index is 11.6. The minimum atomic E-state index is -0.360. The molecule has 2 aliphatic heterocycles. The van der Waals surface area contributed by atoms with Crippen LogP contribution in [0.1, 0.15) is 26.2 Å². The van der Waals surface area contributed by atoms with Crippen LogP contribution in [0.25, 0.3) is 0 Å². The van der Waals surface area contributed by atoms with Crippen molar-refractivity contribution in [2.75, 3.05) is 13.1 Å². The molecule has 0 aliphatic carbocycles. The van der Waals surface area contributed by atoms with Gasteiger partial charge in [0, 0.05) is 12.6 Å². The molecule has 0 aromatic rings. The predicted molar refractivity (Wildman–Crippen MR) is 55.3 cm³/mol. The molecule has 5 heteroatoms. The van der Waals surface area contributed by atoms with Crippen LogP contribution in [0, 0.1) is 0 Å². The smallest absolute Gasteiger partial charge is 0.324 e. The van der Waals surface area contributed by atoms with E-state index in [1.165, 1.54) is 17.7 Å². The van der Waals surface area contributed by atoms with Crippen molar-refractivity contribution >= 4 is 11.9 Å². The van der Waals surface area contributed by atoms with Gasteiger partial charge in [-0.2, -0.15) is 0 Å². The number of hydrogen-bond acceptors (Lipinski definition) is 3. The average Bonchev–Trinajstić information content (AvgIpc) is 2.47. The van der Waals surface area contributed by atoms with Gasteiger partial charge >= 0.3 is 6.03 Å². The van der Waals surface area contributed by atoms with Crippen molar-refractivity contribution < 1.29 is 9.59 Å². The summed E-state index contributed by atoms with van der Waals surface area (Å²) >= 11 is 0. The van der Waals surface area contributed by atoms with E-state index in [2.05, 4.69) is 10.6 Å². The number of amides is 3. The standard InChI is InChI=1S/C10H17N3O2/c1-7-9(14)13(10(15)12-7)6-8-4-2-3-5-11-8/h7-8,11H,2-6H2,1H3,(H,12,15). The van der Waals surface area contributed by atoms with E-state index in [9.17, 15) is 9.59 Å².